The number of nitrogens with zero attached hydrogens (tertiary/aromatic N) is 2. The number of aryl methyl sites for hydroxylation is 1. The first-order valence-corrected chi connectivity index (χ1v) is 8.09. The van der Waals surface area contributed by atoms with Crippen LogP contribution in [-0.4, -0.2) is 35.5 Å². The summed E-state index contributed by atoms with van der Waals surface area (Å²) in [5.41, 5.74) is -1.35. The summed E-state index contributed by atoms with van der Waals surface area (Å²) in [6, 6.07) is 6.41. The van der Waals surface area contributed by atoms with Crippen molar-refractivity contribution in [1.29, 1.82) is 0 Å². The number of carbonyl (C=O) groups excluding carboxylic acids is 1. The van der Waals surface area contributed by atoms with Gasteiger partial charge in [0.2, 0.25) is 0 Å². The lowest BCUT2D eigenvalue weighted by Crippen LogP contribution is -2.30. The standard InChI is InChI=1S/C17H20F3N5O/c1-3-21-14-10-15(25-11(2)24-14)22-8-9-23-16(26)12-6-4-5-7-13(12)17(18,19)20/h4-7,10H,3,8-9H2,1-2H3,(H,23,26)(H2,21,22,24,25). The SMILES string of the molecule is CCNc1cc(NCCNC(=O)c2ccccc2C(F)(F)F)nc(C)n1. The minimum atomic E-state index is -4.58. The monoisotopic (exact) mass is 367 g/mol. The Hall–Kier alpha value is -2.84. The van der Waals surface area contributed by atoms with Crippen molar-refractivity contribution in [2.45, 2.75) is 20.0 Å². The number of hydrogen-bond acceptors (Lipinski definition) is 5. The normalized spacial score (nSPS) is 11.1. The lowest BCUT2D eigenvalue weighted by atomic mass is 10.1. The van der Waals surface area contributed by atoms with Gasteiger partial charge in [-0.15, -0.1) is 0 Å². The molecule has 1 aromatic carbocycles. The first-order valence-electron chi connectivity index (χ1n) is 8.09. The first kappa shape index (κ1) is 19.5. The molecule has 1 aromatic heterocycles. The van der Waals surface area contributed by atoms with Crippen LogP contribution in [0.5, 0.6) is 0 Å². The molecule has 9 heteroatoms. The third kappa shape index (κ3) is 5.33. The van der Waals surface area contributed by atoms with Crippen LogP contribution in [-0.2, 0) is 6.18 Å². The van der Waals surface area contributed by atoms with Gasteiger partial charge in [0.1, 0.15) is 17.5 Å². The maximum Gasteiger partial charge on any atom is 0.417 e. The van der Waals surface area contributed by atoms with Crippen LogP contribution in [0.3, 0.4) is 0 Å². The highest BCUT2D eigenvalue weighted by molar-refractivity contribution is 5.95. The lowest BCUT2D eigenvalue weighted by molar-refractivity contribution is -0.137. The van der Waals surface area contributed by atoms with Crippen molar-refractivity contribution >= 4 is 17.5 Å². The van der Waals surface area contributed by atoms with Gasteiger partial charge in [0.15, 0.2) is 0 Å². The number of benzene rings is 1. The molecule has 1 amide bonds. The van der Waals surface area contributed by atoms with E-state index >= 15 is 0 Å². The van der Waals surface area contributed by atoms with Gasteiger partial charge in [-0.2, -0.15) is 13.2 Å². The fourth-order valence-electron chi connectivity index (χ4n) is 2.32. The minimum absolute atomic E-state index is 0.143. The maximum absolute atomic E-state index is 12.9. The summed E-state index contributed by atoms with van der Waals surface area (Å²) in [4.78, 5) is 20.5. The van der Waals surface area contributed by atoms with Crippen molar-refractivity contribution in [3.05, 3.63) is 47.3 Å². The van der Waals surface area contributed by atoms with Gasteiger partial charge in [0, 0.05) is 25.7 Å². The van der Waals surface area contributed by atoms with E-state index in [0.29, 0.717) is 30.5 Å². The van der Waals surface area contributed by atoms with Crippen LogP contribution in [0.25, 0.3) is 0 Å². The van der Waals surface area contributed by atoms with Gasteiger partial charge in [0.25, 0.3) is 5.91 Å². The van der Waals surface area contributed by atoms with Gasteiger partial charge in [-0.05, 0) is 26.0 Å². The summed E-state index contributed by atoms with van der Waals surface area (Å²) in [7, 11) is 0. The zero-order valence-corrected chi connectivity index (χ0v) is 14.4. The molecular weight excluding hydrogens is 347 g/mol. The number of amides is 1. The van der Waals surface area contributed by atoms with Crippen molar-refractivity contribution in [3.63, 3.8) is 0 Å². The third-order valence-electron chi connectivity index (χ3n) is 3.39. The maximum atomic E-state index is 12.9. The number of anilines is 2. The molecule has 0 unspecified atom stereocenters. The van der Waals surface area contributed by atoms with E-state index in [1.54, 1.807) is 13.0 Å². The Morgan fingerprint density at radius 2 is 1.73 bits per heavy atom. The molecule has 0 fully saturated rings. The summed E-state index contributed by atoms with van der Waals surface area (Å²) < 4.78 is 38.8. The molecule has 0 bridgehead atoms. The molecule has 0 aliphatic heterocycles. The molecule has 3 N–H and O–H groups in total. The average Bonchev–Trinajstić information content (AvgIpc) is 2.57. The Morgan fingerprint density at radius 3 is 2.38 bits per heavy atom. The van der Waals surface area contributed by atoms with E-state index in [-0.39, 0.29) is 6.54 Å². The summed E-state index contributed by atoms with van der Waals surface area (Å²) in [6.45, 7) is 4.86. The van der Waals surface area contributed by atoms with Crippen molar-refractivity contribution in [2.75, 3.05) is 30.3 Å². The van der Waals surface area contributed by atoms with Crippen LogP contribution >= 0.6 is 0 Å². The van der Waals surface area contributed by atoms with Crippen LogP contribution in [0, 0.1) is 6.92 Å². The van der Waals surface area contributed by atoms with E-state index in [2.05, 4.69) is 25.9 Å². The van der Waals surface area contributed by atoms with Crippen LogP contribution in [0.15, 0.2) is 30.3 Å². The summed E-state index contributed by atoms with van der Waals surface area (Å²) in [5, 5.41) is 8.56. The second-order valence-corrected chi connectivity index (χ2v) is 5.44. The molecule has 0 atom stereocenters. The number of aromatic nitrogens is 2. The zero-order chi connectivity index (χ0) is 19.2. The Morgan fingerprint density at radius 1 is 1.08 bits per heavy atom. The molecule has 2 rings (SSSR count). The quantitative estimate of drug-likeness (QED) is 0.656. The van der Waals surface area contributed by atoms with Crippen molar-refractivity contribution in [2.24, 2.45) is 0 Å². The summed E-state index contributed by atoms with van der Waals surface area (Å²) in [6.07, 6.45) is -4.58. The fourth-order valence-corrected chi connectivity index (χ4v) is 2.32. The number of rotatable bonds is 7. The summed E-state index contributed by atoms with van der Waals surface area (Å²) >= 11 is 0. The molecule has 0 aliphatic carbocycles. The molecule has 140 valence electrons. The van der Waals surface area contributed by atoms with Crippen LogP contribution in [0.1, 0.15) is 28.7 Å². The highest BCUT2D eigenvalue weighted by atomic mass is 19.4. The summed E-state index contributed by atoms with van der Waals surface area (Å²) in [5.74, 6) is 1.05. The van der Waals surface area contributed by atoms with Gasteiger partial charge in [-0.25, -0.2) is 9.97 Å². The number of nitrogens with one attached hydrogen (secondary N) is 3. The molecule has 2 aromatic rings. The molecule has 0 radical (unpaired) electrons. The van der Waals surface area contributed by atoms with Crippen LogP contribution < -0.4 is 16.0 Å². The first-order chi connectivity index (χ1) is 12.3. The molecule has 0 saturated heterocycles. The second kappa shape index (κ2) is 8.50. The average molecular weight is 367 g/mol. The lowest BCUT2D eigenvalue weighted by Gasteiger charge is -2.13. The highest BCUT2D eigenvalue weighted by Crippen LogP contribution is 2.31. The van der Waals surface area contributed by atoms with Gasteiger partial charge in [0.05, 0.1) is 11.1 Å². The van der Waals surface area contributed by atoms with Crippen molar-refractivity contribution in [1.82, 2.24) is 15.3 Å². The Balaban J connectivity index is 1.92. The number of hydrogen-bond donors (Lipinski definition) is 3. The van der Waals surface area contributed by atoms with Gasteiger partial charge in [-0.3, -0.25) is 4.79 Å². The predicted molar refractivity (Wildman–Crippen MR) is 93.2 cm³/mol. The highest BCUT2D eigenvalue weighted by Gasteiger charge is 2.34. The smallest absolute Gasteiger partial charge is 0.370 e. The van der Waals surface area contributed by atoms with Gasteiger partial charge >= 0.3 is 6.18 Å². The molecular formula is C17H20F3N5O. The predicted octanol–water partition coefficient (Wildman–Crippen LogP) is 3.08. The molecule has 1 heterocycles. The Labute approximate surface area is 149 Å². The van der Waals surface area contributed by atoms with Crippen LogP contribution in [0.4, 0.5) is 24.8 Å². The largest absolute Gasteiger partial charge is 0.417 e. The topological polar surface area (TPSA) is 78.9 Å². The molecule has 0 saturated carbocycles. The van der Waals surface area contributed by atoms with E-state index in [1.165, 1.54) is 12.1 Å². The molecule has 6 nitrogen and oxygen atoms in total. The molecule has 26 heavy (non-hydrogen) atoms. The van der Waals surface area contributed by atoms with E-state index in [0.717, 1.165) is 12.1 Å². The van der Waals surface area contributed by atoms with E-state index in [4.69, 9.17) is 0 Å². The van der Waals surface area contributed by atoms with E-state index in [9.17, 15) is 18.0 Å². The zero-order valence-electron chi connectivity index (χ0n) is 14.4. The van der Waals surface area contributed by atoms with Crippen molar-refractivity contribution in [3.8, 4) is 0 Å². The Kier molecular flexibility index (Phi) is 6.37. The minimum Gasteiger partial charge on any atom is -0.370 e. The van der Waals surface area contributed by atoms with E-state index in [1.807, 2.05) is 6.92 Å². The molecule has 0 aliphatic rings. The number of halogens is 3. The third-order valence-corrected chi connectivity index (χ3v) is 3.39. The van der Waals surface area contributed by atoms with Gasteiger partial charge in [-0.1, -0.05) is 12.1 Å². The van der Waals surface area contributed by atoms with E-state index < -0.39 is 23.2 Å². The Bertz CT molecular complexity index is 764. The van der Waals surface area contributed by atoms with Crippen molar-refractivity contribution < 1.29 is 18.0 Å². The second-order valence-electron chi connectivity index (χ2n) is 5.44. The van der Waals surface area contributed by atoms with Crippen LogP contribution in [0.2, 0.25) is 0 Å². The number of alkyl halides is 3. The number of carbonyl (C=O) groups is 1. The van der Waals surface area contributed by atoms with Gasteiger partial charge < -0.3 is 16.0 Å². The molecule has 0 spiro atoms. The fraction of sp³-hybridized carbons (Fsp3) is 0.353.